The average Bonchev–Trinajstić information content (AvgIpc) is 3.56. The third-order valence-electron chi connectivity index (χ3n) is 7.03. The van der Waals surface area contributed by atoms with Crippen LogP contribution in [0.3, 0.4) is 0 Å². The zero-order valence-corrected chi connectivity index (χ0v) is 20.1. The lowest BCUT2D eigenvalue weighted by molar-refractivity contribution is -0.123. The molecule has 1 N–H and O–H groups in total. The van der Waals surface area contributed by atoms with Crippen LogP contribution in [0.1, 0.15) is 42.7 Å². The van der Waals surface area contributed by atoms with Gasteiger partial charge in [-0.2, -0.15) is 0 Å². The van der Waals surface area contributed by atoms with E-state index in [0.29, 0.717) is 12.5 Å². The van der Waals surface area contributed by atoms with Crippen molar-refractivity contribution in [3.63, 3.8) is 0 Å². The number of benzene rings is 1. The molecule has 5 rings (SSSR count). The highest BCUT2D eigenvalue weighted by atomic mass is 16.5. The molecule has 0 atom stereocenters. The van der Waals surface area contributed by atoms with Crippen LogP contribution in [-0.4, -0.2) is 71.3 Å². The molecule has 2 aromatic heterocycles. The topological polar surface area (TPSA) is 106 Å². The van der Waals surface area contributed by atoms with Crippen LogP contribution in [0.5, 0.6) is 0 Å². The van der Waals surface area contributed by atoms with E-state index < -0.39 is 5.91 Å². The number of nitrogens with zero attached hydrogens (tertiary/aromatic N) is 5. The molecule has 2 fully saturated rings. The van der Waals surface area contributed by atoms with Crippen molar-refractivity contribution >= 4 is 34.5 Å². The van der Waals surface area contributed by atoms with Gasteiger partial charge >= 0.3 is 0 Å². The van der Waals surface area contributed by atoms with E-state index in [0.717, 1.165) is 75.3 Å². The van der Waals surface area contributed by atoms with Gasteiger partial charge in [0.25, 0.3) is 5.91 Å². The number of ether oxygens (including phenoxy) is 1. The Labute approximate surface area is 204 Å². The van der Waals surface area contributed by atoms with Crippen LogP contribution in [0.15, 0.2) is 35.0 Å². The lowest BCUT2D eigenvalue weighted by Crippen LogP contribution is -2.38. The highest BCUT2D eigenvalue weighted by Gasteiger charge is 2.25. The summed E-state index contributed by atoms with van der Waals surface area (Å²) in [6.45, 7) is 4.67. The quantitative estimate of drug-likeness (QED) is 0.554. The third-order valence-corrected chi connectivity index (χ3v) is 7.03. The van der Waals surface area contributed by atoms with Crippen molar-refractivity contribution in [1.82, 2.24) is 19.6 Å². The Bertz CT molecular complexity index is 1160. The van der Waals surface area contributed by atoms with Gasteiger partial charge in [-0.05, 0) is 31.0 Å². The molecule has 0 bridgehead atoms. The Morgan fingerprint density at radius 2 is 1.91 bits per heavy atom. The molecule has 1 saturated carbocycles. The molecule has 35 heavy (non-hydrogen) atoms. The summed E-state index contributed by atoms with van der Waals surface area (Å²) in [5.74, 6) is 0.403. The fourth-order valence-corrected chi connectivity index (χ4v) is 4.96. The van der Waals surface area contributed by atoms with E-state index in [9.17, 15) is 9.59 Å². The maximum absolute atomic E-state index is 13.1. The van der Waals surface area contributed by atoms with Gasteiger partial charge in [0.1, 0.15) is 0 Å². The molecule has 0 radical (unpaired) electrons. The van der Waals surface area contributed by atoms with Crippen LogP contribution in [0.25, 0.3) is 11.0 Å². The Morgan fingerprint density at radius 3 is 2.66 bits per heavy atom. The van der Waals surface area contributed by atoms with E-state index in [2.05, 4.69) is 15.4 Å². The molecule has 1 aliphatic carbocycles. The van der Waals surface area contributed by atoms with Crippen LogP contribution < -0.4 is 10.2 Å². The first-order valence-electron chi connectivity index (χ1n) is 12.4. The van der Waals surface area contributed by atoms with Gasteiger partial charge in [0.2, 0.25) is 17.6 Å². The molecule has 10 heteroatoms. The minimum Gasteiger partial charge on any atom is -0.379 e. The van der Waals surface area contributed by atoms with Crippen molar-refractivity contribution in [2.45, 2.75) is 38.6 Å². The first-order valence-corrected chi connectivity index (χ1v) is 12.4. The Hall–Kier alpha value is -3.24. The second-order valence-electron chi connectivity index (χ2n) is 9.28. The fourth-order valence-electron chi connectivity index (χ4n) is 4.96. The molecule has 2 amide bonds. The van der Waals surface area contributed by atoms with Gasteiger partial charge in [0, 0.05) is 50.9 Å². The van der Waals surface area contributed by atoms with E-state index in [1.54, 1.807) is 4.90 Å². The number of hydrogen-bond acceptors (Lipinski definition) is 7. The SMILES string of the molecule is CN(C(=O)C1CCCCC1)c1ccc2c(c1)nc(NC(=O)c1ccno1)n2CCN1CCOCC1. The first-order chi connectivity index (χ1) is 17.1. The summed E-state index contributed by atoms with van der Waals surface area (Å²) in [6.07, 6.45) is 6.79. The number of amides is 2. The molecule has 2 aliphatic rings. The van der Waals surface area contributed by atoms with E-state index in [-0.39, 0.29) is 17.6 Å². The summed E-state index contributed by atoms with van der Waals surface area (Å²) < 4.78 is 12.5. The van der Waals surface area contributed by atoms with E-state index in [1.807, 2.05) is 29.8 Å². The standard InChI is InChI=1S/C25H32N6O4/c1-29(24(33)18-5-3-2-4-6-18)19-7-8-21-20(17-19)27-25(28-23(32)22-9-10-26-35-22)31(21)12-11-30-13-15-34-16-14-30/h7-10,17-18H,2-6,11-16H2,1H3,(H,27,28,32). The number of nitrogens with one attached hydrogen (secondary N) is 1. The molecule has 1 aromatic carbocycles. The molecule has 1 aliphatic heterocycles. The maximum Gasteiger partial charge on any atom is 0.296 e. The Balaban J connectivity index is 1.41. The van der Waals surface area contributed by atoms with Crippen LogP contribution in [-0.2, 0) is 16.1 Å². The average molecular weight is 481 g/mol. The molecule has 3 aromatic rings. The number of fused-ring (bicyclic) bond motifs is 1. The van der Waals surface area contributed by atoms with Gasteiger partial charge in [-0.3, -0.25) is 19.8 Å². The van der Waals surface area contributed by atoms with Crippen LogP contribution in [0, 0.1) is 5.92 Å². The fraction of sp³-hybridized carbons (Fsp3) is 0.520. The van der Waals surface area contributed by atoms with Crippen LogP contribution in [0.4, 0.5) is 11.6 Å². The summed E-state index contributed by atoms with van der Waals surface area (Å²) in [4.78, 5) is 34.6. The van der Waals surface area contributed by atoms with Crippen molar-refractivity contribution in [3.8, 4) is 0 Å². The van der Waals surface area contributed by atoms with Gasteiger partial charge in [0.15, 0.2) is 0 Å². The third kappa shape index (κ3) is 5.23. The van der Waals surface area contributed by atoms with Gasteiger partial charge in [-0.1, -0.05) is 24.4 Å². The smallest absolute Gasteiger partial charge is 0.296 e. The van der Waals surface area contributed by atoms with Gasteiger partial charge in [-0.15, -0.1) is 0 Å². The number of aromatic nitrogens is 3. The zero-order chi connectivity index (χ0) is 24.2. The van der Waals surface area contributed by atoms with Crippen LogP contribution >= 0.6 is 0 Å². The van der Waals surface area contributed by atoms with Gasteiger partial charge in [0.05, 0.1) is 30.4 Å². The molecule has 3 heterocycles. The van der Waals surface area contributed by atoms with Crippen molar-refractivity contribution in [3.05, 3.63) is 36.2 Å². The highest BCUT2D eigenvalue weighted by molar-refractivity contribution is 6.02. The lowest BCUT2D eigenvalue weighted by Gasteiger charge is -2.27. The van der Waals surface area contributed by atoms with Gasteiger partial charge in [-0.25, -0.2) is 4.98 Å². The molecular formula is C25H32N6O4. The summed E-state index contributed by atoms with van der Waals surface area (Å²) in [5, 5.41) is 6.48. The van der Waals surface area contributed by atoms with E-state index in [4.69, 9.17) is 14.2 Å². The summed E-state index contributed by atoms with van der Waals surface area (Å²) >= 11 is 0. The summed E-state index contributed by atoms with van der Waals surface area (Å²) in [6, 6.07) is 7.37. The number of morpholine rings is 1. The summed E-state index contributed by atoms with van der Waals surface area (Å²) in [5.41, 5.74) is 2.42. The van der Waals surface area contributed by atoms with Crippen molar-refractivity contribution in [1.29, 1.82) is 0 Å². The highest BCUT2D eigenvalue weighted by Crippen LogP contribution is 2.29. The van der Waals surface area contributed by atoms with Gasteiger partial charge < -0.3 is 18.7 Å². The normalized spacial score (nSPS) is 17.5. The molecule has 0 unspecified atom stereocenters. The Morgan fingerprint density at radius 1 is 1.11 bits per heavy atom. The number of carbonyl (C=O) groups is 2. The first kappa shape index (κ1) is 23.5. The second-order valence-corrected chi connectivity index (χ2v) is 9.28. The van der Waals surface area contributed by atoms with Crippen molar-refractivity contribution in [2.75, 3.05) is 50.1 Å². The predicted molar refractivity (Wildman–Crippen MR) is 131 cm³/mol. The minimum atomic E-state index is -0.407. The molecular weight excluding hydrogens is 448 g/mol. The maximum atomic E-state index is 13.1. The largest absolute Gasteiger partial charge is 0.379 e. The molecule has 1 saturated heterocycles. The zero-order valence-electron chi connectivity index (χ0n) is 20.1. The van der Waals surface area contributed by atoms with E-state index in [1.165, 1.54) is 18.7 Å². The number of carbonyl (C=O) groups excluding carboxylic acids is 2. The summed E-state index contributed by atoms with van der Waals surface area (Å²) in [7, 11) is 1.83. The predicted octanol–water partition coefficient (Wildman–Crippen LogP) is 3.15. The van der Waals surface area contributed by atoms with Crippen LogP contribution in [0.2, 0.25) is 0 Å². The minimum absolute atomic E-state index is 0.0901. The van der Waals surface area contributed by atoms with Crippen molar-refractivity contribution < 1.29 is 18.8 Å². The Kier molecular flexibility index (Phi) is 7.10. The monoisotopic (exact) mass is 480 g/mol. The second kappa shape index (κ2) is 10.6. The number of rotatable bonds is 7. The van der Waals surface area contributed by atoms with E-state index >= 15 is 0 Å². The molecule has 186 valence electrons. The van der Waals surface area contributed by atoms with Crippen molar-refractivity contribution in [2.24, 2.45) is 5.92 Å². The molecule has 0 spiro atoms. The number of anilines is 2. The number of hydrogen-bond donors (Lipinski definition) is 1. The molecule has 10 nitrogen and oxygen atoms in total. The number of imidazole rings is 1. The lowest BCUT2D eigenvalue weighted by atomic mass is 9.88.